The Morgan fingerprint density at radius 2 is 1.67 bits per heavy atom. The highest BCUT2D eigenvalue weighted by atomic mass is 32.2. The van der Waals surface area contributed by atoms with Crippen molar-refractivity contribution >= 4 is 10.0 Å². The summed E-state index contributed by atoms with van der Waals surface area (Å²) in [6.07, 6.45) is 0. The molecule has 0 amide bonds. The first kappa shape index (κ1) is 15.3. The molecule has 7 heteroatoms. The van der Waals surface area contributed by atoms with Gasteiger partial charge in [0.2, 0.25) is 10.0 Å². The van der Waals surface area contributed by atoms with Gasteiger partial charge in [-0.05, 0) is 23.8 Å². The van der Waals surface area contributed by atoms with Crippen LogP contribution in [0.4, 0.5) is 0 Å². The lowest BCUT2D eigenvalue weighted by atomic mass is 10.2. The van der Waals surface area contributed by atoms with Gasteiger partial charge in [0.05, 0.1) is 4.90 Å². The molecule has 0 aromatic heterocycles. The van der Waals surface area contributed by atoms with E-state index in [1.165, 1.54) is 24.3 Å². The van der Waals surface area contributed by atoms with E-state index in [1.807, 2.05) is 0 Å². The van der Waals surface area contributed by atoms with Crippen LogP contribution in [0.2, 0.25) is 0 Å². The highest BCUT2D eigenvalue weighted by molar-refractivity contribution is 7.89. The van der Waals surface area contributed by atoms with Crippen LogP contribution >= 0.6 is 0 Å². The first-order chi connectivity index (χ1) is 9.86. The van der Waals surface area contributed by atoms with E-state index in [0.717, 1.165) is 5.56 Å². The van der Waals surface area contributed by atoms with E-state index in [9.17, 15) is 18.6 Å². The van der Waals surface area contributed by atoms with Gasteiger partial charge in [0.15, 0.2) is 0 Å². The van der Waals surface area contributed by atoms with Gasteiger partial charge in [-0.1, -0.05) is 18.2 Å². The maximum atomic E-state index is 11.1. The molecule has 0 unspecified atom stereocenters. The first-order valence-corrected chi connectivity index (χ1v) is 7.74. The molecule has 0 aliphatic carbocycles. The number of rotatable bonds is 5. The third-order valence-electron chi connectivity index (χ3n) is 2.97. The van der Waals surface area contributed by atoms with Crippen LogP contribution in [-0.2, 0) is 23.1 Å². The lowest BCUT2D eigenvalue weighted by Gasteiger charge is -2.08. The Hall–Kier alpha value is -2.09. The van der Waals surface area contributed by atoms with E-state index in [-0.39, 0.29) is 16.4 Å². The number of hydrogen-bond acceptors (Lipinski definition) is 5. The largest absolute Gasteiger partial charge is 0.508 e. The summed E-state index contributed by atoms with van der Waals surface area (Å²) in [5, 5.41) is 27.0. The van der Waals surface area contributed by atoms with Gasteiger partial charge >= 0.3 is 0 Å². The molecule has 0 heterocycles. The summed E-state index contributed by atoms with van der Waals surface area (Å²) in [4.78, 5) is 0.0717. The summed E-state index contributed by atoms with van der Waals surface area (Å²) >= 11 is 0. The molecule has 0 radical (unpaired) electrons. The Labute approximate surface area is 122 Å². The summed E-state index contributed by atoms with van der Waals surface area (Å²) in [6, 6.07) is 10.6. The molecule has 0 aliphatic rings. The van der Waals surface area contributed by atoms with Crippen LogP contribution in [0.5, 0.6) is 11.5 Å². The number of aromatic hydroxyl groups is 2. The van der Waals surface area contributed by atoms with Gasteiger partial charge in [0, 0.05) is 24.7 Å². The van der Waals surface area contributed by atoms with Gasteiger partial charge in [0.1, 0.15) is 11.5 Å². The van der Waals surface area contributed by atoms with Crippen molar-refractivity contribution in [3.05, 3.63) is 53.6 Å². The molecule has 0 bridgehead atoms. The summed E-state index contributed by atoms with van der Waals surface area (Å²) in [5.74, 6) is 0.0295. The Morgan fingerprint density at radius 3 is 2.24 bits per heavy atom. The number of primary sulfonamides is 1. The second-order valence-electron chi connectivity index (χ2n) is 4.61. The van der Waals surface area contributed by atoms with Crippen molar-refractivity contribution in [3.8, 4) is 11.5 Å². The standard InChI is InChI=1S/C14H16N2O4S/c15-21(19,20)13-5-1-10(2-6-13)8-16-9-11-3-4-12(17)7-14(11)18/h1-7,16-18H,8-9H2,(H2,15,19,20). The predicted octanol–water partition coefficient (Wildman–Crippen LogP) is 1.03. The van der Waals surface area contributed by atoms with Gasteiger partial charge in [0.25, 0.3) is 0 Å². The second-order valence-corrected chi connectivity index (χ2v) is 6.17. The molecule has 0 atom stereocenters. The summed E-state index contributed by atoms with van der Waals surface area (Å²) < 4.78 is 22.2. The normalized spacial score (nSPS) is 11.5. The second kappa shape index (κ2) is 6.13. The molecule has 6 nitrogen and oxygen atoms in total. The zero-order valence-corrected chi connectivity index (χ0v) is 12.0. The fraction of sp³-hybridized carbons (Fsp3) is 0.143. The van der Waals surface area contributed by atoms with E-state index in [2.05, 4.69) is 5.32 Å². The summed E-state index contributed by atoms with van der Waals surface area (Å²) in [6.45, 7) is 0.925. The lowest BCUT2D eigenvalue weighted by Crippen LogP contribution is -2.14. The zero-order valence-electron chi connectivity index (χ0n) is 11.2. The quantitative estimate of drug-likeness (QED) is 0.659. The molecule has 0 aliphatic heterocycles. The van der Waals surface area contributed by atoms with Crippen LogP contribution in [0.3, 0.4) is 0 Å². The van der Waals surface area contributed by atoms with E-state index in [1.54, 1.807) is 18.2 Å². The van der Waals surface area contributed by atoms with Gasteiger partial charge in [-0.15, -0.1) is 0 Å². The van der Waals surface area contributed by atoms with Crippen molar-refractivity contribution in [2.24, 2.45) is 5.14 Å². The van der Waals surface area contributed by atoms with Crippen molar-refractivity contribution in [2.45, 2.75) is 18.0 Å². The Morgan fingerprint density at radius 1 is 1.00 bits per heavy atom. The Balaban J connectivity index is 1.94. The third kappa shape index (κ3) is 4.19. The van der Waals surface area contributed by atoms with Gasteiger partial charge in [-0.25, -0.2) is 13.6 Å². The fourth-order valence-corrected chi connectivity index (χ4v) is 2.36. The van der Waals surface area contributed by atoms with Crippen molar-refractivity contribution in [3.63, 3.8) is 0 Å². The maximum Gasteiger partial charge on any atom is 0.238 e. The van der Waals surface area contributed by atoms with Crippen LogP contribution in [0, 0.1) is 0 Å². The number of sulfonamides is 1. The Bertz CT molecular complexity index is 727. The average molecular weight is 308 g/mol. The van der Waals surface area contributed by atoms with Crippen molar-refractivity contribution < 1.29 is 18.6 Å². The van der Waals surface area contributed by atoms with Gasteiger partial charge in [-0.2, -0.15) is 0 Å². The average Bonchev–Trinajstić information content (AvgIpc) is 2.41. The topological polar surface area (TPSA) is 113 Å². The highest BCUT2D eigenvalue weighted by Gasteiger charge is 2.07. The molecule has 2 aromatic carbocycles. The van der Waals surface area contributed by atoms with E-state index < -0.39 is 10.0 Å². The molecule has 0 saturated carbocycles. The zero-order chi connectivity index (χ0) is 15.5. The molecular weight excluding hydrogens is 292 g/mol. The molecule has 2 aromatic rings. The van der Waals surface area contributed by atoms with Crippen LogP contribution in [0.15, 0.2) is 47.4 Å². The third-order valence-corrected chi connectivity index (χ3v) is 3.89. The molecule has 5 N–H and O–H groups in total. The fourth-order valence-electron chi connectivity index (χ4n) is 1.84. The molecule has 0 fully saturated rings. The van der Waals surface area contributed by atoms with E-state index in [4.69, 9.17) is 5.14 Å². The van der Waals surface area contributed by atoms with Crippen molar-refractivity contribution in [1.82, 2.24) is 5.32 Å². The Kier molecular flexibility index (Phi) is 4.46. The smallest absolute Gasteiger partial charge is 0.238 e. The van der Waals surface area contributed by atoms with E-state index >= 15 is 0 Å². The minimum absolute atomic E-state index is 0.00910. The molecule has 0 spiro atoms. The number of nitrogens with two attached hydrogens (primary N) is 1. The molecule has 112 valence electrons. The predicted molar refractivity (Wildman–Crippen MR) is 78.1 cm³/mol. The van der Waals surface area contributed by atoms with Crippen molar-refractivity contribution in [1.29, 1.82) is 0 Å². The van der Waals surface area contributed by atoms with Crippen LogP contribution in [-0.4, -0.2) is 18.6 Å². The minimum Gasteiger partial charge on any atom is -0.508 e. The van der Waals surface area contributed by atoms with Gasteiger partial charge in [-0.3, -0.25) is 0 Å². The number of nitrogens with one attached hydrogen (secondary N) is 1. The maximum absolute atomic E-state index is 11.1. The number of hydrogen-bond donors (Lipinski definition) is 4. The monoisotopic (exact) mass is 308 g/mol. The molecule has 0 saturated heterocycles. The van der Waals surface area contributed by atoms with Crippen molar-refractivity contribution in [2.75, 3.05) is 0 Å². The molecule has 21 heavy (non-hydrogen) atoms. The molecular formula is C14H16N2O4S. The molecule has 2 rings (SSSR count). The number of phenols is 2. The lowest BCUT2D eigenvalue weighted by molar-refractivity contribution is 0.443. The summed E-state index contributed by atoms with van der Waals surface area (Å²) in [7, 11) is -3.67. The number of benzene rings is 2. The van der Waals surface area contributed by atoms with Crippen LogP contribution in [0.25, 0.3) is 0 Å². The highest BCUT2D eigenvalue weighted by Crippen LogP contribution is 2.22. The minimum atomic E-state index is -3.67. The van der Waals surface area contributed by atoms with Crippen LogP contribution < -0.4 is 10.5 Å². The SMILES string of the molecule is NS(=O)(=O)c1ccc(CNCc2ccc(O)cc2O)cc1. The first-order valence-electron chi connectivity index (χ1n) is 6.19. The van der Waals surface area contributed by atoms with E-state index in [0.29, 0.717) is 18.7 Å². The summed E-state index contributed by atoms with van der Waals surface area (Å²) in [5.41, 5.74) is 1.55. The van der Waals surface area contributed by atoms with Crippen LogP contribution in [0.1, 0.15) is 11.1 Å². The van der Waals surface area contributed by atoms with Gasteiger partial charge < -0.3 is 15.5 Å². The number of phenolic OH excluding ortho intramolecular Hbond substituents is 2.